The van der Waals surface area contributed by atoms with Gasteiger partial charge in [0.25, 0.3) is 0 Å². The zero-order chi connectivity index (χ0) is 16.4. The van der Waals surface area contributed by atoms with E-state index in [4.69, 9.17) is 0 Å². The van der Waals surface area contributed by atoms with Gasteiger partial charge in [-0.15, -0.1) is 11.8 Å². The van der Waals surface area contributed by atoms with Gasteiger partial charge in [0, 0.05) is 10.5 Å². The van der Waals surface area contributed by atoms with Gasteiger partial charge in [-0.1, -0.05) is 12.1 Å². The van der Waals surface area contributed by atoms with E-state index in [1.807, 2.05) is 30.5 Å². The molecule has 0 aliphatic carbocycles. The second-order valence-electron chi connectivity index (χ2n) is 4.84. The number of aromatic carboxylic acids is 1. The number of thioether (sulfide) groups is 1. The topological polar surface area (TPSA) is 55.1 Å². The summed E-state index contributed by atoms with van der Waals surface area (Å²) in [6.45, 7) is 0. The van der Waals surface area contributed by atoms with Crippen LogP contribution >= 0.6 is 11.8 Å². The van der Waals surface area contributed by atoms with E-state index in [1.54, 1.807) is 23.9 Å². The number of carboxylic acid groups (broad SMARTS) is 1. The Morgan fingerprint density at radius 2 is 1.78 bits per heavy atom. The normalized spacial score (nSPS) is 10.7. The molecule has 0 amide bonds. The lowest BCUT2D eigenvalue weighted by Crippen LogP contribution is -2.02. The van der Waals surface area contributed by atoms with E-state index in [1.165, 1.54) is 22.9 Å². The fourth-order valence-corrected chi connectivity index (χ4v) is 2.64. The number of rotatable bonds is 4. The van der Waals surface area contributed by atoms with Gasteiger partial charge in [-0.05, 0) is 48.7 Å². The van der Waals surface area contributed by atoms with Gasteiger partial charge in [-0.25, -0.2) is 13.9 Å². The third-order valence-electron chi connectivity index (χ3n) is 3.39. The van der Waals surface area contributed by atoms with Gasteiger partial charge in [-0.3, -0.25) is 0 Å². The molecule has 3 aromatic rings. The number of hydrogen-bond donors (Lipinski definition) is 1. The van der Waals surface area contributed by atoms with Crippen LogP contribution in [0.4, 0.5) is 4.39 Å². The highest BCUT2D eigenvalue weighted by atomic mass is 32.2. The molecule has 0 spiro atoms. The lowest BCUT2D eigenvalue weighted by molar-refractivity contribution is 0.0690. The smallest absolute Gasteiger partial charge is 0.356 e. The number of carboxylic acids is 1. The SMILES string of the molecule is CSc1ccc(-c2cc(C(=O)O)nn2-c2ccc(F)cc2)cc1. The zero-order valence-electron chi connectivity index (χ0n) is 12.2. The maximum absolute atomic E-state index is 13.1. The quantitative estimate of drug-likeness (QED) is 0.733. The standard InChI is InChI=1S/C17H13FN2O2S/c1-23-14-8-2-11(3-9-14)16-10-15(17(21)22)19-20(16)13-6-4-12(18)5-7-13/h2-10H,1H3,(H,21,22). The predicted molar refractivity (Wildman–Crippen MR) is 87.7 cm³/mol. The van der Waals surface area contributed by atoms with Crippen LogP contribution in [-0.2, 0) is 0 Å². The number of nitrogens with zero attached hydrogens (tertiary/aromatic N) is 2. The van der Waals surface area contributed by atoms with Crippen LogP contribution in [0.3, 0.4) is 0 Å². The fourth-order valence-electron chi connectivity index (χ4n) is 2.23. The monoisotopic (exact) mass is 328 g/mol. The Morgan fingerprint density at radius 1 is 1.13 bits per heavy atom. The second-order valence-corrected chi connectivity index (χ2v) is 5.72. The molecule has 0 atom stereocenters. The summed E-state index contributed by atoms with van der Waals surface area (Å²) in [7, 11) is 0. The highest BCUT2D eigenvalue weighted by Gasteiger charge is 2.16. The van der Waals surface area contributed by atoms with Gasteiger partial charge < -0.3 is 5.11 Å². The number of hydrogen-bond acceptors (Lipinski definition) is 3. The predicted octanol–water partition coefficient (Wildman–Crippen LogP) is 4.10. The Labute approximate surface area is 136 Å². The van der Waals surface area contributed by atoms with Crippen molar-refractivity contribution in [2.45, 2.75) is 4.90 Å². The van der Waals surface area contributed by atoms with Gasteiger partial charge in [0.05, 0.1) is 11.4 Å². The molecular formula is C17H13FN2O2S. The second kappa shape index (κ2) is 6.26. The van der Waals surface area contributed by atoms with E-state index in [0.717, 1.165) is 10.5 Å². The van der Waals surface area contributed by atoms with Crippen LogP contribution in [0.25, 0.3) is 16.9 Å². The molecule has 0 unspecified atom stereocenters. The average molecular weight is 328 g/mol. The summed E-state index contributed by atoms with van der Waals surface area (Å²) in [5.74, 6) is -1.46. The van der Waals surface area contributed by atoms with Crippen LogP contribution in [0.5, 0.6) is 0 Å². The first kappa shape index (κ1) is 15.3. The Bertz CT molecular complexity index is 842. The van der Waals surface area contributed by atoms with Crippen LogP contribution in [0.1, 0.15) is 10.5 Å². The number of benzene rings is 2. The minimum atomic E-state index is -1.10. The fraction of sp³-hybridized carbons (Fsp3) is 0.0588. The van der Waals surface area contributed by atoms with Gasteiger partial charge in [0.15, 0.2) is 5.69 Å². The van der Waals surface area contributed by atoms with Crippen molar-refractivity contribution in [3.05, 3.63) is 66.1 Å². The molecule has 0 radical (unpaired) electrons. The van der Waals surface area contributed by atoms with Crippen LogP contribution in [0.15, 0.2) is 59.5 Å². The van der Waals surface area contributed by atoms with E-state index < -0.39 is 5.97 Å². The molecule has 3 rings (SSSR count). The Hall–Kier alpha value is -2.60. The van der Waals surface area contributed by atoms with E-state index in [-0.39, 0.29) is 11.5 Å². The molecule has 1 N–H and O–H groups in total. The third-order valence-corrected chi connectivity index (χ3v) is 4.13. The van der Waals surface area contributed by atoms with Gasteiger partial charge >= 0.3 is 5.97 Å². The van der Waals surface area contributed by atoms with Crippen molar-refractivity contribution in [3.63, 3.8) is 0 Å². The van der Waals surface area contributed by atoms with Gasteiger partial charge in [0.1, 0.15) is 5.82 Å². The van der Waals surface area contributed by atoms with E-state index >= 15 is 0 Å². The molecule has 1 heterocycles. The van der Waals surface area contributed by atoms with Crippen LogP contribution < -0.4 is 0 Å². The van der Waals surface area contributed by atoms with E-state index in [9.17, 15) is 14.3 Å². The largest absolute Gasteiger partial charge is 0.476 e. The summed E-state index contributed by atoms with van der Waals surface area (Å²) in [6.07, 6.45) is 1.99. The maximum Gasteiger partial charge on any atom is 0.356 e. The Morgan fingerprint density at radius 3 is 2.35 bits per heavy atom. The Kier molecular flexibility index (Phi) is 4.16. The Balaban J connectivity index is 2.13. The number of carbonyl (C=O) groups is 1. The molecule has 0 aliphatic heterocycles. The van der Waals surface area contributed by atoms with Gasteiger partial charge in [0.2, 0.25) is 0 Å². The van der Waals surface area contributed by atoms with Crippen LogP contribution in [-0.4, -0.2) is 27.1 Å². The molecular weight excluding hydrogens is 315 g/mol. The summed E-state index contributed by atoms with van der Waals surface area (Å²) in [6, 6.07) is 15.0. The zero-order valence-corrected chi connectivity index (χ0v) is 13.0. The van der Waals surface area contributed by atoms with Crippen molar-refractivity contribution < 1.29 is 14.3 Å². The highest BCUT2D eigenvalue weighted by molar-refractivity contribution is 7.98. The molecule has 2 aromatic carbocycles. The van der Waals surface area contributed by atoms with Crippen molar-refractivity contribution in [2.75, 3.05) is 6.26 Å². The molecule has 23 heavy (non-hydrogen) atoms. The maximum atomic E-state index is 13.1. The van der Waals surface area contributed by atoms with Crippen molar-refractivity contribution in [3.8, 4) is 16.9 Å². The summed E-state index contributed by atoms with van der Waals surface area (Å²) < 4.78 is 14.6. The number of aromatic nitrogens is 2. The van der Waals surface area contributed by atoms with Gasteiger partial charge in [-0.2, -0.15) is 5.10 Å². The summed E-state index contributed by atoms with van der Waals surface area (Å²) in [4.78, 5) is 12.4. The van der Waals surface area contributed by atoms with Crippen molar-refractivity contribution in [1.29, 1.82) is 0 Å². The minimum Gasteiger partial charge on any atom is -0.476 e. The van der Waals surface area contributed by atoms with Crippen molar-refractivity contribution in [2.24, 2.45) is 0 Å². The third kappa shape index (κ3) is 3.12. The van der Waals surface area contributed by atoms with Crippen molar-refractivity contribution in [1.82, 2.24) is 9.78 Å². The van der Waals surface area contributed by atoms with E-state index in [2.05, 4.69) is 5.10 Å². The molecule has 4 nitrogen and oxygen atoms in total. The molecule has 0 bridgehead atoms. The lowest BCUT2D eigenvalue weighted by atomic mass is 10.1. The van der Waals surface area contributed by atoms with Crippen LogP contribution in [0, 0.1) is 5.82 Å². The molecule has 6 heteroatoms. The molecule has 0 saturated carbocycles. The highest BCUT2D eigenvalue weighted by Crippen LogP contribution is 2.26. The summed E-state index contributed by atoms with van der Waals surface area (Å²) in [5, 5.41) is 13.3. The first-order valence-corrected chi connectivity index (χ1v) is 8.04. The molecule has 0 fully saturated rings. The summed E-state index contributed by atoms with van der Waals surface area (Å²) >= 11 is 1.63. The molecule has 116 valence electrons. The molecule has 0 saturated heterocycles. The van der Waals surface area contributed by atoms with Crippen LogP contribution in [0.2, 0.25) is 0 Å². The first-order chi connectivity index (χ1) is 11.1. The van der Waals surface area contributed by atoms with E-state index in [0.29, 0.717) is 11.4 Å². The molecule has 0 aliphatic rings. The van der Waals surface area contributed by atoms with Crippen molar-refractivity contribution >= 4 is 17.7 Å². The first-order valence-electron chi connectivity index (χ1n) is 6.82. The average Bonchev–Trinajstić information content (AvgIpc) is 3.01. The number of halogens is 1. The summed E-state index contributed by atoms with van der Waals surface area (Å²) in [5.41, 5.74) is 2.02. The molecule has 1 aromatic heterocycles. The lowest BCUT2D eigenvalue weighted by Gasteiger charge is -2.08. The minimum absolute atomic E-state index is 0.0572.